The van der Waals surface area contributed by atoms with Gasteiger partial charge in [-0.05, 0) is 44.6 Å². The summed E-state index contributed by atoms with van der Waals surface area (Å²) in [6.07, 6.45) is 8.24. The lowest BCUT2D eigenvalue weighted by molar-refractivity contribution is 0.243. The Morgan fingerprint density at radius 2 is 1.95 bits per heavy atom. The second-order valence-electron chi connectivity index (χ2n) is 6.14. The number of nitrogens with two attached hydrogens (primary N) is 1. The van der Waals surface area contributed by atoms with Crippen molar-refractivity contribution in [3.8, 4) is 5.75 Å². The van der Waals surface area contributed by atoms with Gasteiger partial charge >= 0.3 is 0 Å². The highest BCUT2D eigenvalue weighted by atomic mass is 16.5. The van der Waals surface area contributed by atoms with Crippen molar-refractivity contribution >= 4 is 11.4 Å². The number of nitrogens with zero attached hydrogens (tertiary/aromatic N) is 1. The van der Waals surface area contributed by atoms with E-state index in [1.807, 2.05) is 13.0 Å². The summed E-state index contributed by atoms with van der Waals surface area (Å²) < 4.78 is 5.65. The van der Waals surface area contributed by atoms with Crippen molar-refractivity contribution in [2.45, 2.75) is 51.5 Å². The summed E-state index contributed by atoms with van der Waals surface area (Å²) in [6.45, 7) is 3.87. The molecule has 3 heteroatoms. The maximum Gasteiger partial charge on any atom is 0.123 e. The Morgan fingerprint density at radius 3 is 2.80 bits per heavy atom. The van der Waals surface area contributed by atoms with E-state index in [9.17, 15) is 0 Å². The van der Waals surface area contributed by atoms with Crippen LogP contribution < -0.4 is 15.4 Å². The Balaban J connectivity index is 1.86. The zero-order chi connectivity index (χ0) is 13.9. The van der Waals surface area contributed by atoms with Gasteiger partial charge in [0.15, 0.2) is 0 Å². The lowest BCUT2D eigenvalue weighted by Gasteiger charge is -2.45. The molecule has 20 heavy (non-hydrogen) atoms. The molecule has 3 rings (SSSR count). The van der Waals surface area contributed by atoms with Gasteiger partial charge in [-0.1, -0.05) is 12.8 Å². The zero-order valence-electron chi connectivity index (χ0n) is 12.5. The molecule has 2 atom stereocenters. The van der Waals surface area contributed by atoms with Crippen molar-refractivity contribution in [1.29, 1.82) is 0 Å². The molecule has 1 aliphatic carbocycles. The molecule has 2 aliphatic rings. The van der Waals surface area contributed by atoms with Crippen molar-refractivity contribution < 1.29 is 4.74 Å². The largest absolute Gasteiger partial charge is 0.494 e. The summed E-state index contributed by atoms with van der Waals surface area (Å²) in [7, 11) is 0. The van der Waals surface area contributed by atoms with E-state index in [-0.39, 0.29) is 0 Å². The number of hydrogen-bond acceptors (Lipinski definition) is 3. The van der Waals surface area contributed by atoms with E-state index in [0.29, 0.717) is 12.6 Å². The van der Waals surface area contributed by atoms with Crippen molar-refractivity contribution in [2.75, 3.05) is 23.8 Å². The summed E-state index contributed by atoms with van der Waals surface area (Å²) in [4.78, 5) is 2.59. The quantitative estimate of drug-likeness (QED) is 0.851. The van der Waals surface area contributed by atoms with Gasteiger partial charge < -0.3 is 15.4 Å². The fraction of sp³-hybridized carbons (Fsp3) is 0.647. The van der Waals surface area contributed by atoms with Crippen LogP contribution in [0.2, 0.25) is 0 Å². The maximum atomic E-state index is 6.06. The van der Waals surface area contributed by atoms with Crippen LogP contribution in [0.4, 0.5) is 11.4 Å². The van der Waals surface area contributed by atoms with Crippen molar-refractivity contribution in [1.82, 2.24) is 0 Å². The minimum absolute atomic E-state index is 0.689. The van der Waals surface area contributed by atoms with E-state index >= 15 is 0 Å². The molecule has 1 aliphatic heterocycles. The number of ether oxygens (including phenoxy) is 1. The molecule has 1 saturated carbocycles. The SMILES string of the molecule is CCOc1cc(N)cc(N2CCC[C@H]3CCCC[C@H]32)c1. The average Bonchev–Trinajstić information content (AvgIpc) is 2.46. The van der Waals surface area contributed by atoms with E-state index in [4.69, 9.17) is 10.5 Å². The van der Waals surface area contributed by atoms with Gasteiger partial charge in [-0.15, -0.1) is 0 Å². The third kappa shape index (κ3) is 2.72. The lowest BCUT2D eigenvalue weighted by Crippen LogP contribution is -2.46. The molecule has 2 fully saturated rings. The number of anilines is 2. The normalized spacial score (nSPS) is 26.1. The summed E-state index contributed by atoms with van der Waals surface area (Å²) in [5.41, 5.74) is 8.12. The van der Waals surface area contributed by atoms with Crippen molar-refractivity contribution in [3.05, 3.63) is 18.2 Å². The minimum Gasteiger partial charge on any atom is -0.494 e. The van der Waals surface area contributed by atoms with Crippen molar-refractivity contribution in [2.24, 2.45) is 5.92 Å². The molecule has 0 spiro atoms. The predicted octanol–water partition coefficient (Wildman–Crippen LogP) is 3.83. The first-order valence-electron chi connectivity index (χ1n) is 8.08. The molecule has 2 N–H and O–H groups in total. The van der Waals surface area contributed by atoms with Crippen LogP contribution in [0.1, 0.15) is 45.4 Å². The van der Waals surface area contributed by atoms with Crippen LogP contribution in [0.5, 0.6) is 5.75 Å². The molecule has 0 unspecified atom stereocenters. The number of nitrogen functional groups attached to an aromatic ring is 1. The highest BCUT2D eigenvalue weighted by molar-refractivity contribution is 5.61. The molecule has 0 radical (unpaired) electrons. The molecule has 1 heterocycles. The summed E-state index contributed by atoms with van der Waals surface area (Å²) in [6, 6.07) is 6.92. The highest BCUT2D eigenvalue weighted by Crippen LogP contribution is 2.39. The van der Waals surface area contributed by atoms with Gasteiger partial charge in [0.25, 0.3) is 0 Å². The van der Waals surface area contributed by atoms with Gasteiger partial charge in [-0.25, -0.2) is 0 Å². The Kier molecular flexibility index (Phi) is 4.04. The Morgan fingerprint density at radius 1 is 1.15 bits per heavy atom. The number of piperidine rings is 1. The smallest absolute Gasteiger partial charge is 0.123 e. The van der Waals surface area contributed by atoms with E-state index in [2.05, 4.69) is 17.0 Å². The molecule has 110 valence electrons. The standard InChI is InChI=1S/C17H26N2O/c1-2-20-16-11-14(18)10-15(12-16)19-9-5-7-13-6-3-4-8-17(13)19/h10-13,17H,2-9,18H2,1H3/t13-,17-/m1/s1. The van der Waals surface area contributed by atoms with Crippen LogP contribution in [0.3, 0.4) is 0 Å². The topological polar surface area (TPSA) is 38.5 Å². The lowest BCUT2D eigenvalue weighted by atomic mass is 9.78. The first-order chi connectivity index (χ1) is 9.78. The number of hydrogen-bond donors (Lipinski definition) is 1. The molecule has 0 aromatic heterocycles. The van der Waals surface area contributed by atoms with E-state index in [0.717, 1.165) is 23.9 Å². The highest BCUT2D eigenvalue weighted by Gasteiger charge is 2.33. The Bertz CT molecular complexity index is 458. The van der Waals surface area contributed by atoms with Gasteiger partial charge in [-0.2, -0.15) is 0 Å². The zero-order valence-corrected chi connectivity index (χ0v) is 12.5. The van der Waals surface area contributed by atoms with Crippen LogP contribution in [0.15, 0.2) is 18.2 Å². The summed E-state index contributed by atoms with van der Waals surface area (Å²) in [5.74, 6) is 1.79. The second-order valence-corrected chi connectivity index (χ2v) is 6.14. The van der Waals surface area contributed by atoms with E-state index < -0.39 is 0 Å². The molecule has 1 aromatic carbocycles. The van der Waals surface area contributed by atoms with Crippen LogP contribution in [0.25, 0.3) is 0 Å². The molecule has 3 nitrogen and oxygen atoms in total. The maximum absolute atomic E-state index is 6.06. The fourth-order valence-corrected chi connectivity index (χ4v) is 3.97. The van der Waals surface area contributed by atoms with Gasteiger partial charge in [-0.3, -0.25) is 0 Å². The number of rotatable bonds is 3. The van der Waals surface area contributed by atoms with E-state index in [1.54, 1.807) is 0 Å². The van der Waals surface area contributed by atoms with Gasteiger partial charge in [0.2, 0.25) is 0 Å². The summed E-state index contributed by atoms with van der Waals surface area (Å²) >= 11 is 0. The fourth-order valence-electron chi connectivity index (χ4n) is 3.97. The van der Waals surface area contributed by atoms with Crippen LogP contribution in [-0.4, -0.2) is 19.2 Å². The van der Waals surface area contributed by atoms with Gasteiger partial charge in [0, 0.05) is 36.1 Å². The predicted molar refractivity (Wildman–Crippen MR) is 84.3 cm³/mol. The molecule has 0 bridgehead atoms. The van der Waals surface area contributed by atoms with Gasteiger partial charge in [0.05, 0.1) is 6.61 Å². The van der Waals surface area contributed by atoms with Gasteiger partial charge in [0.1, 0.15) is 5.75 Å². The third-order valence-corrected chi connectivity index (χ3v) is 4.80. The Labute approximate surface area is 122 Å². The van der Waals surface area contributed by atoms with Crippen LogP contribution in [-0.2, 0) is 0 Å². The monoisotopic (exact) mass is 274 g/mol. The summed E-state index contributed by atoms with van der Waals surface area (Å²) in [5, 5.41) is 0. The third-order valence-electron chi connectivity index (χ3n) is 4.80. The molecular formula is C17H26N2O. The molecular weight excluding hydrogens is 248 g/mol. The molecule has 0 amide bonds. The van der Waals surface area contributed by atoms with E-state index in [1.165, 1.54) is 44.2 Å². The van der Waals surface area contributed by atoms with Crippen LogP contribution >= 0.6 is 0 Å². The molecule has 1 saturated heterocycles. The first kappa shape index (κ1) is 13.6. The first-order valence-corrected chi connectivity index (χ1v) is 8.08. The Hall–Kier alpha value is -1.38. The van der Waals surface area contributed by atoms with Crippen molar-refractivity contribution in [3.63, 3.8) is 0 Å². The van der Waals surface area contributed by atoms with Crippen LogP contribution in [0, 0.1) is 5.92 Å². The second kappa shape index (κ2) is 5.94. The number of fused-ring (bicyclic) bond motifs is 1. The molecule has 1 aromatic rings. The minimum atomic E-state index is 0.689. The number of benzene rings is 1. The average molecular weight is 274 g/mol.